The van der Waals surface area contributed by atoms with Gasteiger partial charge in [-0.15, -0.1) is 0 Å². The average molecular weight is 133 g/mol. The van der Waals surface area contributed by atoms with Crippen molar-refractivity contribution in [1.82, 2.24) is 4.98 Å². The van der Waals surface area contributed by atoms with Crippen LogP contribution >= 0.6 is 0 Å². The van der Waals surface area contributed by atoms with Crippen LogP contribution in [0, 0.1) is 0 Å². The summed E-state index contributed by atoms with van der Waals surface area (Å²) in [6.07, 6.45) is 4.33. The number of rotatable bonds is 0. The predicted octanol–water partition coefficient (Wildman–Crippen LogP) is 0.922. The van der Waals surface area contributed by atoms with Gasteiger partial charge < -0.3 is 5.73 Å². The van der Waals surface area contributed by atoms with Crippen molar-refractivity contribution in [3.63, 3.8) is 0 Å². The quantitative estimate of drug-likeness (QED) is 0.572. The highest BCUT2D eigenvalue weighted by atomic mass is 14.9. The second-order valence-electron chi connectivity index (χ2n) is 2.22. The lowest BCUT2D eigenvalue weighted by Gasteiger charge is -1.98. The number of hydrogen-bond donors (Lipinski definition) is 1. The van der Waals surface area contributed by atoms with Crippen molar-refractivity contribution in [2.24, 2.45) is 4.99 Å². The van der Waals surface area contributed by atoms with E-state index in [9.17, 15) is 0 Å². The maximum atomic E-state index is 5.65. The first-order valence-corrected chi connectivity index (χ1v) is 3.14. The van der Waals surface area contributed by atoms with Crippen LogP contribution in [0.3, 0.4) is 0 Å². The third-order valence-corrected chi connectivity index (χ3v) is 1.58. The average Bonchev–Trinajstić information content (AvgIpc) is 2.36. The Morgan fingerprint density at radius 1 is 1.50 bits per heavy atom. The van der Waals surface area contributed by atoms with Crippen molar-refractivity contribution in [1.29, 1.82) is 0 Å². The topological polar surface area (TPSA) is 51.3 Å². The highest BCUT2D eigenvalue weighted by Crippen LogP contribution is 2.25. The molecule has 0 fully saturated rings. The molecule has 0 bridgehead atoms. The Morgan fingerprint density at radius 3 is 3.20 bits per heavy atom. The normalized spacial score (nSPS) is 13.6. The fraction of sp³-hybridized carbons (Fsp3) is 0.143. The lowest BCUT2D eigenvalue weighted by Crippen LogP contribution is -1.92. The second-order valence-corrected chi connectivity index (χ2v) is 2.22. The molecule has 0 radical (unpaired) electrons. The number of aromatic nitrogens is 1. The Labute approximate surface area is 58.6 Å². The van der Waals surface area contributed by atoms with E-state index in [1.807, 2.05) is 6.21 Å². The van der Waals surface area contributed by atoms with Gasteiger partial charge in [-0.05, 0) is 6.07 Å². The first kappa shape index (κ1) is 5.41. The van der Waals surface area contributed by atoms with E-state index in [1.165, 1.54) is 0 Å². The van der Waals surface area contributed by atoms with Gasteiger partial charge in [-0.1, -0.05) is 0 Å². The van der Waals surface area contributed by atoms with Gasteiger partial charge in [0.1, 0.15) is 0 Å². The van der Waals surface area contributed by atoms with Gasteiger partial charge in [-0.3, -0.25) is 0 Å². The molecule has 10 heavy (non-hydrogen) atoms. The lowest BCUT2D eigenvalue weighted by molar-refractivity contribution is 1.25. The minimum absolute atomic E-state index is 0.778. The molecule has 1 aliphatic heterocycles. The van der Waals surface area contributed by atoms with E-state index in [2.05, 4.69) is 9.98 Å². The molecule has 0 unspecified atom stereocenters. The van der Waals surface area contributed by atoms with E-state index in [4.69, 9.17) is 5.73 Å². The van der Waals surface area contributed by atoms with Gasteiger partial charge in [0, 0.05) is 30.1 Å². The third-order valence-electron chi connectivity index (χ3n) is 1.58. The molecule has 3 nitrogen and oxygen atoms in total. The summed E-state index contributed by atoms with van der Waals surface area (Å²) in [4.78, 5) is 8.09. The third kappa shape index (κ3) is 0.603. The van der Waals surface area contributed by atoms with E-state index < -0.39 is 0 Å². The zero-order chi connectivity index (χ0) is 6.97. The minimum atomic E-state index is 0.778. The maximum Gasteiger partial charge on any atom is 0.157 e. The standard InChI is InChI=1S/C7H7N3/c8-6-2-4-10-7-5(6)1-3-9-7/h2-4H,1H2,(H2,8,10). The van der Waals surface area contributed by atoms with Crippen LogP contribution in [0.15, 0.2) is 17.3 Å². The monoisotopic (exact) mass is 133 g/mol. The predicted molar refractivity (Wildman–Crippen MR) is 40.5 cm³/mol. The first-order valence-electron chi connectivity index (χ1n) is 3.14. The van der Waals surface area contributed by atoms with Crippen molar-refractivity contribution in [2.75, 3.05) is 5.73 Å². The molecule has 0 saturated heterocycles. The van der Waals surface area contributed by atoms with Crippen molar-refractivity contribution >= 4 is 17.7 Å². The van der Waals surface area contributed by atoms with Crippen LogP contribution < -0.4 is 5.73 Å². The summed E-state index contributed by atoms with van der Waals surface area (Å²) >= 11 is 0. The Bertz CT molecular complexity index is 291. The minimum Gasteiger partial charge on any atom is -0.398 e. The number of nitrogens with zero attached hydrogens (tertiary/aromatic N) is 2. The van der Waals surface area contributed by atoms with E-state index in [1.54, 1.807) is 12.3 Å². The molecule has 1 aliphatic rings. The summed E-state index contributed by atoms with van der Waals surface area (Å²) in [5.74, 6) is 0.778. The number of anilines is 1. The number of pyridine rings is 1. The molecule has 0 spiro atoms. The highest BCUT2D eigenvalue weighted by molar-refractivity contribution is 5.78. The summed E-state index contributed by atoms with van der Waals surface area (Å²) in [6.45, 7) is 0. The number of nitrogen functional groups attached to an aromatic ring is 1. The van der Waals surface area contributed by atoms with Crippen LogP contribution in [-0.4, -0.2) is 11.2 Å². The van der Waals surface area contributed by atoms with Crippen molar-refractivity contribution in [3.8, 4) is 0 Å². The Kier molecular flexibility index (Phi) is 0.974. The van der Waals surface area contributed by atoms with Gasteiger partial charge in [0.25, 0.3) is 0 Å². The molecular formula is C7H7N3. The fourth-order valence-corrected chi connectivity index (χ4v) is 1.04. The Balaban J connectivity index is 2.66. The summed E-state index contributed by atoms with van der Waals surface area (Å²) in [6, 6.07) is 1.80. The Morgan fingerprint density at radius 2 is 2.40 bits per heavy atom. The van der Waals surface area contributed by atoms with E-state index >= 15 is 0 Å². The number of aliphatic imine (C=N–C) groups is 1. The van der Waals surface area contributed by atoms with Gasteiger partial charge in [0.15, 0.2) is 5.82 Å². The SMILES string of the molecule is Nc1ccnc2c1CC=N2. The van der Waals surface area contributed by atoms with Crippen LogP contribution in [0.25, 0.3) is 0 Å². The van der Waals surface area contributed by atoms with Crippen LogP contribution in [0.4, 0.5) is 11.5 Å². The second kappa shape index (κ2) is 1.80. The molecule has 1 aromatic heterocycles. The maximum absolute atomic E-state index is 5.65. The van der Waals surface area contributed by atoms with Crippen LogP contribution in [0.5, 0.6) is 0 Å². The molecule has 0 saturated carbocycles. The summed E-state index contributed by atoms with van der Waals surface area (Å²) in [5, 5.41) is 0. The molecule has 2 heterocycles. The molecule has 3 heteroatoms. The van der Waals surface area contributed by atoms with Crippen molar-refractivity contribution < 1.29 is 0 Å². The largest absolute Gasteiger partial charge is 0.398 e. The molecule has 1 aromatic rings. The van der Waals surface area contributed by atoms with Crippen LogP contribution in [0.2, 0.25) is 0 Å². The number of fused-ring (bicyclic) bond motifs is 1. The zero-order valence-electron chi connectivity index (χ0n) is 5.41. The van der Waals surface area contributed by atoms with Crippen molar-refractivity contribution in [2.45, 2.75) is 6.42 Å². The molecule has 0 aliphatic carbocycles. The van der Waals surface area contributed by atoms with Crippen LogP contribution in [0.1, 0.15) is 5.56 Å². The molecule has 0 atom stereocenters. The summed E-state index contributed by atoms with van der Waals surface area (Å²) in [7, 11) is 0. The first-order chi connectivity index (χ1) is 4.88. The van der Waals surface area contributed by atoms with Crippen molar-refractivity contribution in [3.05, 3.63) is 17.8 Å². The van der Waals surface area contributed by atoms with E-state index in [0.717, 1.165) is 23.5 Å². The molecule has 50 valence electrons. The zero-order valence-corrected chi connectivity index (χ0v) is 5.41. The van der Waals surface area contributed by atoms with Crippen LogP contribution in [-0.2, 0) is 6.42 Å². The highest BCUT2D eigenvalue weighted by Gasteiger charge is 2.09. The summed E-state index contributed by atoms with van der Waals surface area (Å²) in [5.41, 5.74) is 7.50. The summed E-state index contributed by atoms with van der Waals surface area (Å²) < 4.78 is 0. The molecule has 0 amide bonds. The molecule has 0 aromatic carbocycles. The molecular weight excluding hydrogens is 126 g/mol. The molecule has 2 N–H and O–H groups in total. The van der Waals surface area contributed by atoms with E-state index in [0.29, 0.717) is 0 Å². The molecule has 2 rings (SSSR count). The van der Waals surface area contributed by atoms with Gasteiger partial charge in [0.2, 0.25) is 0 Å². The van der Waals surface area contributed by atoms with Gasteiger partial charge in [-0.25, -0.2) is 9.98 Å². The number of nitrogens with two attached hydrogens (primary N) is 1. The lowest BCUT2D eigenvalue weighted by atomic mass is 10.2. The Hall–Kier alpha value is -1.38. The van der Waals surface area contributed by atoms with Gasteiger partial charge in [0.05, 0.1) is 0 Å². The van der Waals surface area contributed by atoms with E-state index in [-0.39, 0.29) is 0 Å². The van der Waals surface area contributed by atoms with Gasteiger partial charge >= 0.3 is 0 Å². The fourth-order valence-electron chi connectivity index (χ4n) is 1.04. The number of hydrogen-bond acceptors (Lipinski definition) is 3. The van der Waals surface area contributed by atoms with Gasteiger partial charge in [-0.2, -0.15) is 0 Å². The smallest absolute Gasteiger partial charge is 0.157 e.